The van der Waals surface area contributed by atoms with Crippen molar-refractivity contribution in [2.45, 2.75) is 11.3 Å². The molecule has 0 amide bonds. The van der Waals surface area contributed by atoms with Gasteiger partial charge in [0.2, 0.25) is 10.0 Å². The number of nitrogens with one attached hydrogen (secondary N) is 1. The van der Waals surface area contributed by atoms with Crippen LogP contribution in [-0.4, -0.2) is 32.5 Å². The summed E-state index contributed by atoms with van der Waals surface area (Å²) in [5.74, 6) is -1.41. The van der Waals surface area contributed by atoms with Gasteiger partial charge in [0.1, 0.15) is 9.77 Å². The van der Waals surface area contributed by atoms with E-state index in [1.54, 1.807) is 22.9 Å². The van der Waals surface area contributed by atoms with Crippen molar-refractivity contribution >= 4 is 37.4 Å². The lowest BCUT2D eigenvalue weighted by molar-refractivity contribution is 0.0698. The molecular formula is C11H9F2NO4S2. The Kier molecular flexibility index (Phi) is 4.02. The van der Waals surface area contributed by atoms with Crippen molar-refractivity contribution in [2.75, 3.05) is 6.54 Å². The molecule has 0 bridgehead atoms. The van der Waals surface area contributed by atoms with Gasteiger partial charge in [-0.15, -0.1) is 11.3 Å². The van der Waals surface area contributed by atoms with Gasteiger partial charge >= 0.3 is 5.97 Å². The number of carboxylic acids is 1. The number of hydrogen-bond acceptors (Lipinski definition) is 4. The Morgan fingerprint density at radius 2 is 2.00 bits per heavy atom. The first-order valence-electron chi connectivity index (χ1n) is 5.35. The van der Waals surface area contributed by atoms with E-state index in [2.05, 4.69) is 0 Å². The van der Waals surface area contributed by atoms with E-state index in [-0.39, 0.29) is 5.39 Å². The summed E-state index contributed by atoms with van der Waals surface area (Å²) in [6.45, 7) is -1.06. The molecule has 20 heavy (non-hydrogen) atoms. The summed E-state index contributed by atoms with van der Waals surface area (Å²) in [5, 5.41) is 9.28. The van der Waals surface area contributed by atoms with Crippen LogP contribution in [-0.2, 0) is 10.0 Å². The lowest BCUT2D eigenvalue weighted by Crippen LogP contribution is -2.29. The highest BCUT2D eigenvalue weighted by molar-refractivity contribution is 7.90. The third-order valence-electron chi connectivity index (χ3n) is 2.44. The summed E-state index contributed by atoms with van der Waals surface area (Å²) in [6, 6.07) is 6.19. The minimum Gasteiger partial charge on any atom is -0.477 e. The number of aromatic carboxylic acids is 1. The topological polar surface area (TPSA) is 83.5 Å². The van der Waals surface area contributed by atoms with Crippen LogP contribution < -0.4 is 4.72 Å². The number of hydrogen-bond donors (Lipinski definition) is 2. The fourth-order valence-corrected chi connectivity index (χ4v) is 4.42. The van der Waals surface area contributed by atoms with Gasteiger partial charge < -0.3 is 5.11 Å². The van der Waals surface area contributed by atoms with Crippen molar-refractivity contribution in [3.63, 3.8) is 0 Å². The monoisotopic (exact) mass is 321 g/mol. The molecule has 0 saturated heterocycles. The number of sulfonamides is 1. The van der Waals surface area contributed by atoms with Crippen LogP contribution in [0.15, 0.2) is 29.2 Å². The molecule has 0 aliphatic carbocycles. The summed E-state index contributed by atoms with van der Waals surface area (Å²) in [7, 11) is -4.31. The fourth-order valence-electron chi connectivity index (χ4n) is 1.67. The third-order valence-corrected chi connectivity index (χ3v) is 5.24. The molecule has 0 fully saturated rings. The standard InChI is InChI=1S/C11H9F2NO4S2/c12-8(13)5-14-20(17,18)10-6-3-1-2-4-7(6)19-9(10)11(15)16/h1-4,8,14H,5H2,(H,15,16). The van der Waals surface area contributed by atoms with Crippen molar-refractivity contribution in [2.24, 2.45) is 0 Å². The molecule has 2 aromatic rings. The molecule has 0 atom stereocenters. The molecule has 108 valence electrons. The van der Waals surface area contributed by atoms with E-state index in [0.29, 0.717) is 4.70 Å². The Balaban J connectivity index is 2.62. The summed E-state index contributed by atoms with van der Waals surface area (Å²) >= 11 is 0.787. The first-order chi connectivity index (χ1) is 9.33. The van der Waals surface area contributed by atoms with Gasteiger partial charge in [0.25, 0.3) is 6.43 Å². The van der Waals surface area contributed by atoms with Gasteiger partial charge in [-0.25, -0.2) is 26.7 Å². The van der Waals surface area contributed by atoms with Gasteiger partial charge in [-0.05, 0) is 6.07 Å². The number of carbonyl (C=O) groups is 1. The number of benzene rings is 1. The highest BCUT2D eigenvalue weighted by Gasteiger charge is 2.28. The zero-order valence-corrected chi connectivity index (χ0v) is 11.5. The first-order valence-corrected chi connectivity index (χ1v) is 7.65. The maximum atomic E-state index is 12.1. The molecule has 0 radical (unpaired) electrons. The molecule has 1 aromatic carbocycles. The van der Waals surface area contributed by atoms with E-state index < -0.39 is 38.7 Å². The van der Waals surface area contributed by atoms with E-state index in [4.69, 9.17) is 5.11 Å². The Labute approximate surface area is 116 Å². The number of halogens is 2. The van der Waals surface area contributed by atoms with Crippen molar-refractivity contribution in [1.29, 1.82) is 0 Å². The van der Waals surface area contributed by atoms with Crippen LogP contribution in [0, 0.1) is 0 Å². The Bertz CT molecular complexity index is 755. The maximum absolute atomic E-state index is 12.1. The molecule has 0 saturated carbocycles. The first kappa shape index (κ1) is 14.8. The van der Waals surface area contributed by atoms with Crippen LogP contribution in [0.3, 0.4) is 0 Å². The van der Waals surface area contributed by atoms with Crippen LogP contribution in [0.25, 0.3) is 10.1 Å². The highest BCUT2D eigenvalue weighted by atomic mass is 32.2. The number of fused-ring (bicyclic) bond motifs is 1. The van der Waals surface area contributed by atoms with Gasteiger partial charge in [0, 0.05) is 10.1 Å². The van der Waals surface area contributed by atoms with Crippen molar-refractivity contribution in [1.82, 2.24) is 4.72 Å². The smallest absolute Gasteiger partial charge is 0.347 e. The van der Waals surface area contributed by atoms with Crippen LogP contribution in [0.4, 0.5) is 8.78 Å². The normalized spacial score (nSPS) is 12.2. The average Bonchev–Trinajstić information content (AvgIpc) is 2.76. The zero-order chi connectivity index (χ0) is 14.9. The predicted molar refractivity (Wildman–Crippen MR) is 70.0 cm³/mol. The van der Waals surface area contributed by atoms with E-state index in [1.807, 2.05) is 0 Å². The molecule has 1 heterocycles. The van der Waals surface area contributed by atoms with Crippen molar-refractivity contribution in [3.05, 3.63) is 29.1 Å². The molecular weight excluding hydrogens is 312 g/mol. The summed E-state index contributed by atoms with van der Waals surface area (Å²) < 4.78 is 50.5. The van der Waals surface area contributed by atoms with E-state index >= 15 is 0 Å². The Morgan fingerprint density at radius 1 is 1.35 bits per heavy atom. The van der Waals surface area contributed by atoms with Gasteiger partial charge in [0.05, 0.1) is 6.54 Å². The minimum absolute atomic E-state index is 0.205. The molecule has 0 aliphatic heterocycles. The van der Waals surface area contributed by atoms with Gasteiger partial charge in [0.15, 0.2) is 0 Å². The fraction of sp³-hybridized carbons (Fsp3) is 0.182. The van der Waals surface area contributed by atoms with E-state index in [1.165, 1.54) is 6.07 Å². The third kappa shape index (κ3) is 2.79. The van der Waals surface area contributed by atoms with Crippen LogP contribution >= 0.6 is 11.3 Å². The molecule has 0 aliphatic rings. The second-order valence-electron chi connectivity index (χ2n) is 3.80. The van der Waals surface area contributed by atoms with E-state index in [9.17, 15) is 22.0 Å². The van der Waals surface area contributed by atoms with Gasteiger partial charge in [-0.1, -0.05) is 18.2 Å². The Hall–Kier alpha value is -1.58. The average molecular weight is 321 g/mol. The number of alkyl halides is 2. The molecule has 2 rings (SSSR count). The van der Waals surface area contributed by atoms with Crippen LogP contribution in [0.2, 0.25) is 0 Å². The van der Waals surface area contributed by atoms with Crippen LogP contribution in [0.1, 0.15) is 9.67 Å². The minimum atomic E-state index is -4.31. The summed E-state index contributed by atoms with van der Waals surface area (Å²) in [5.41, 5.74) is 0. The number of thiophene rings is 1. The molecule has 2 N–H and O–H groups in total. The van der Waals surface area contributed by atoms with E-state index in [0.717, 1.165) is 11.3 Å². The summed E-state index contributed by atoms with van der Waals surface area (Å²) in [6.07, 6.45) is -2.86. The molecule has 0 unspecified atom stereocenters. The Morgan fingerprint density at radius 3 is 2.60 bits per heavy atom. The second-order valence-corrected chi connectivity index (χ2v) is 6.56. The van der Waals surface area contributed by atoms with Gasteiger partial charge in [-0.3, -0.25) is 0 Å². The zero-order valence-electron chi connectivity index (χ0n) is 9.84. The summed E-state index contributed by atoms with van der Waals surface area (Å²) in [4.78, 5) is 10.3. The highest BCUT2D eigenvalue weighted by Crippen LogP contribution is 2.34. The lowest BCUT2D eigenvalue weighted by atomic mass is 10.2. The van der Waals surface area contributed by atoms with Crippen molar-refractivity contribution < 1.29 is 27.1 Å². The molecule has 0 spiro atoms. The SMILES string of the molecule is O=C(O)c1sc2ccccc2c1S(=O)(=O)NCC(F)F. The maximum Gasteiger partial charge on any atom is 0.347 e. The number of rotatable bonds is 5. The second kappa shape index (κ2) is 5.43. The molecule has 9 heteroatoms. The van der Waals surface area contributed by atoms with Crippen molar-refractivity contribution in [3.8, 4) is 0 Å². The van der Waals surface area contributed by atoms with Crippen LogP contribution in [0.5, 0.6) is 0 Å². The molecule has 1 aromatic heterocycles. The molecule has 5 nitrogen and oxygen atoms in total. The number of carboxylic acid groups (broad SMARTS) is 1. The van der Waals surface area contributed by atoms with Gasteiger partial charge in [-0.2, -0.15) is 0 Å². The quantitative estimate of drug-likeness (QED) is 0.884. The predicted octanol–water partition coefficient (Wildman–Crippen LogP) is 2.14. The largest absolute Gasteiger partial charge is 0.477 e. The lowest BCUT2D eigenvalue weighted by Gasteiger charge is -2.06.